The van der Waals surface area contributed by atoms with Crippen molar-refractivity contribution in [2.24, 2.45) is 5.92 Å². The Hall–Kier alpha value is -1.36. The van der Waals surface area contributed by atoms with Crippen molar-refractivity contribution in [3.8, 4) is 0 Å². The number of aliphatic carboxylic acids is 1. The minimum absolute atomic E-state index is 0.341. The van der Waals surface area contributed by atoms with Gasteiger partial charge in [-0.1, -0.05) is 6.92 Å². The monoisotopic (exact) mass is 224 g/mol. The smallest absolute Gasteiger partial charge is 0.306 e. The largest absolute Gasteiger partial charge is 0.481 e. The van der Waals surface area contributed by atoms with Crippen LogP contribution in [0.15, 0.2) is 12.4 Å². The summed E-state index contributed by atoms with van der Waals surface area (Å²) in [6, 6.07) is 0. The highest BCUT2D eigenvalue weighted by Gasteiger charge is 2.16. The van der Waals surface area contributed by atoms with Gasteiger partial charge in [0, 0.05) is 23.0 Å². The van der Waals surface area contributed by atoms with Gasteiger partial charge in [-0.3, -0.25) is 9.20 Å². The van der Waals surface area contributed by atoms with Crippen LogP contribution in [-0.2, 0) is 11.2 Å². The fourth-order valence-electron chi connectivity index (χ4n) is 1.49. The van der Waals surface area contributed by atoms with Crippen molar-refractivity contribution in [3.05, 3.63) is 23.0 Å². The molecule has 2 rings (SSSR count). The average molecular weight is 224 g/mol. The highest BCUT2D eigenvalue weighted by Crippen LogP contribution is 2.24. The lowest BCUT2D eigenvalue weighted by molar-refractivity contribution is -0.141. The van der Waals surface area contributed by atoms with Gasteiger partial charge in [-0.25, -0.2) is 4.98 Å². The number of imidazole rings is 1. The van der Waals surface area contributed by atoms with Crippen LogP contribution in [0.25, 0.3) is 4.96 Å². The second-order valence-corrected chi connectivity index (χ2v) is 4.70. The lowest BCUT2D eigenvalue weighted by Crippen LogP contribution is -2.12. The maximum absolute atomic E-state index is 10.8. The minimum atomic E-state index is -0.750. The number of carboxylic acids is 1. The van der Waals surface area contributed by atoms with Gasteiger partial charge in [0.15, 0.2) is 4.96 Å². The molecular weight excluding hydrogens is 212 g/mol. The van der Waals surface area contributed by atoms with E-state index in [1.807, 2.05) is 17.5 Å². The molecule has 1 unspecified atom stereocenters. The van der Waals surface area contributed by atoms with Crippen LogP contribution in [0.2, 0.25) is 0 Å². The Morgan fingerprint density at radius 2 is 2.47 bits per heavy atom. The Morgan fingerprint density at radius 3 is 3.07 bits per heavy atom. The third-order valence-corrected chi connectivity index (χ3v) is 3.69. The average Bonchev–Trinajstić information content (AvgIpc) is 2.71. The molecule has 0 saturated carbocycles. The van der Waals surface area contributed by atoms with E-state index >= 15 is 0 Å². The van der Waals surface area contributed by atoms with E-state index in [-0.39, 0.29) is 5.92 Å². The molecule has 0 amide bonds. The molecule has 2 aromatic heterocycles. The van der Waals surface area contributed by atoms with E-state index in [1.165, 1.54) is 0 Å². The van der Waals surface area contributed by atoms with E-state index < -0.39 is 5.97 Å². The molecule has 0 spiro atoms. The summed E-state index contributed by atoms with van der Waals surface area (Å²) in [7, 11) is 0. The second kappa shape index (κ2) is 3.66. The number of hydrogen-bond acceptors (Lipinski definition) is 3. The molecule has 2 aromatic rings. The number of rotatable bonds is 3. The third-order valence-electron chi connectivity index (χ3n) is 2.50. The quantitative estimate of drug-likeness (QED) is 0.867. The Balaban J connectivity index is 2.32. The highest BCUT2D eigenvalue weighted by molar-refractivity contribution is 7.17. The molecule has 0 aliphatic heterocycles. The lowest BCUT2D eigenvalue weighted by atomic mass is 10.1. The maximum atomic E-state index is 10.8. The molecule has 0 aliphatic rings. The van der Waals surface area contributed by atoms with Crippen LogP contribution in [0, 0.1) is 12.8 Å². The number of carboxylic acid groups (broad SMARTS) is 1. The van der Waals surface area contributed by atoms with Crippen LogP contribution in [0.4, 0.5) is 0 Å². The van der Waals surface area contributed by atoms with Gasteiger partial charge in [-0.15, -0.1) is 11.3 Å². The molecule has 0 fully saturated rings. The van der Waals surface area contributed by atoms with Crippen molar-refractivity contribution >= 4 is 22.3 Å². The molecule has 2 heterocycles. The summed E-state index contributed by atoms with van der Waals surface area (Å²) >= 11 is 1.56. The molecule has 0 bridgehead atoms. The summed E-state index contributed by atoms with van der Waals surface area (Å²) in [4.78, 5) is 17.0. The Labute approximate surface area is 91.2 Å². The first-order valence-corrected chi connectivity index (χ1v) is 5.55. The van der Waals surface area contributed by atoms with Crippen molar-refractivity contribution in [1.29, 1.82) is 0 Å². The summed E-state index contributed by atoms with van der Waals surface area (Å²) < 4.78 is 1.99. The summed E-state index contributed by atoms with van der Waals surface area (Å²) in [5, 5.41) is 8.84. The predicted octanol–water partition coefficient (Wildman–Crippen LogP) is 1.97. The molecule has 1 atom stereocenters. The van der Waals surface area contributed by atoms with E-state index in [1.54, 1.807) is 24.5 Å². The predicted molar refractivity (Wildman–Crippen MR) is 58.3 cm³/mol. The minimum Gasteiger partial charge on any atom is -0.481 e. The lowest BCUT2D eigenvalue weighted by Gasteiger charge is -2.04. The molecule has 0 aliphatic carbocycles. The van der Waals surface area contributed by atoms with Crippen molar-refractivity contribution in [3.63, 3.8) is 0 Å². The summed E-state index contributed by atoms with van der Waals surface area (Å²) in [5.41, 5.74) is 1.10. The first-order chi connectivity index (χ1) is 7.09. The Bertz CT molecular complexity index is 500. The summed E-state index contributed by atoms with van der Waals surface area (Å²) in [6.45, 7) is 3.72. The van der Waals surface area contributed by atoms with Gasteiger partial charge in [0.1, 0.15) is 0 Å². The second-order valence-electron chi connectivity index (χ2n) is 3.63. The zero-order valence-corrected chi connectivity index (χ0v) is 9.41. The molecule has 1 N–H and O–H groups in total. The van der Waals surface area contributed by atoms with Gasteiger partial charge in [-0.05, 0) is 13.3 Å². The molecule has 80 valence electrons. The number of hydrogen-bond donors (Lipinski definition) is 1. The van der Waals surface area contributed by atoms with Crippen LogP contribution >= 0.6 is 11.3 Å². The maximum Gasteiger partial charge on any atom is 0.306 e. The number of fused-ring (bicyclic) bond motifs is 1. The van der Waals surface area contributed by atoms with E-state index in [9.17, 15) is 4.79 Å². The van der Waals surface area contributed by atoms with Crippen LogP contribution in [0.1, 0.15) is 17.5 Å². The molecule has 5 heteroatoms. The van der Waals surface area contributed by atoms with E-state index in [0.717, 1.165) is 15.5 Å². The van der Waals surface area contributed by atoms with Crippen LogP contribution in [-0.4, -0.2) is 20.5 Å². The van der Waals surface area contributed by atoms with Gasteiger partial charge in [-0.2, -0.15) is 0 Å². The molecular formula is C10H12N2O2S. The van der Waals surface area contributed by atoms with Gasteiger partial charge in [0.05, 0.1) is 5.92 Å². The molecule has 0 aromatic carbocycles. The third kappa shape index (κ3) is 1.74. The van der Waals surface area contributed by atoms with Gasteiger partial charge >= 0.3 is 5.97 Å². The van der Waals surface area contributed by atoms with Crippen LogP contribution in [0.5, 0.6) is 0 Å². The normalized spacial score (nSPS) is 13.2. The standard InChI is InChI=1S/C10H12N2O2S/c1-6(9(13)14)5-8-7(2)12-4-3-11-10(12)15-8/h3-4,6H,5H2,1-2H3,(H,13,14). The topological polar surface area (TPSA) is 54.6 Å². The molecule has 4 nitrogen and oxygen atoms in total. The zero-order chi connectivity index (χ0) is 11.0. The Morgan fingerprint density at radius 1 is 1.73 bits per heavy atom. The van der Waals surface area contributed by atoms with Gasteiger partial charge in [0.2, 0.25) is 0 Å². The number of carbonyl (C=O) groups is 1. The zero-order valence-electron chi connectivity index (χ0n) is 8.60. The van der Waals surface area contributed by atoms with E-state index in [4.69, 9.17) is 5.11 Å². The number of thiazole rings is 1. The molecule has 15 heavy (non-hydrogen) atoms. The SMILES string of the molecule is Cc1c(CC(C)C(=O)O)sc2nccn12. The van der Waals surface area contributed by atoms with Crippen molar-refractivity contribution < 1.29 is 9.90 Å². The molecule has 0 radical (unpaired) electrons. The summed E-state index contributed by atoms with van der Waals surface area (Å²) in [5.74, 6) is -1.09. The fraction of sp³-hybridized carbons (Fsp3) is 0.400. The fourth-order valence-corrected chi connectivity index (χ4v) is 2.70. The van der Waals surface area contributed by atoms with Crippen molar-refractivity contribution in [2.75, 3.05) is 0 Å². The van der Waals surface area contributed by atoms with Crippen LogP contribution < -0.4 is 0 Å². The van der Waals surface area contributed by atoms with Gasteiger partial charge < -0.3 is 5.11 Å². The Kier molecular flexibility index (Phi) is 2.48. The number of aromatic nitrogens is 2. The first-order valence-electron chi connectivity index (χ1n) is 4.73. The van der Waals surface area contributed by atoms with Gasteiger partial charge in [0.25, 0.3) is 0 Å². The van der Waals surface area contributed by atoms with Crippen LogP contribution in [0.3, 0.4) is 0 Å². The molecule has 0 saturated heterocycles. The summed E-state index contributed by atoms with van der Waals surface area (Å²) in [6.07, 6.45) is 4.23. The number of nitrogens with zero attached hydrogens (tertiary/aromatic N) is 2. The number of aryl methyl sites for hydroxylation is 1. The first kappa shape index (κ1) is 10.2. The van der Waals surface area contributed by atoms with Crippen molar-refractivity contribution in [2.45, 2.75) is 20.3 Å². The van der Waals surface area contributed by atoms with E-state index in [0.29, 0.717) is 6.42 Å². The highest BCUT2D eigenvalue weighted by atomic mass is 32.1. The van der Waals surface area contributed by atoms with Crippen molar-refractivity contribution in [1.82, 2.24) is 9.38 Å². The van der Waals surface area contributed by atoms with E-state index in [2.05, 4.69) is 4.98 Å².